The minimum atomic E-state index is -0.465. The zero-order valence-corrected chi connectivity index (χ0v) is 17.0. The Morgan fingerprint density at radius 2 is 1.71 bits per heavy atom. The SMILES string of the molecule is CCOC(=O)c1c(NC(=O)Nc2ccc(Cl)cc2)sc(C)c1-c1ccccc1. The lowest BCUT2D eigenvalue weighted by atomic mass is 10.0. The molecule has 0 spiro atoms. The average Bonchev–Trinajstić information content (AvgIpc) is 3.00. The first-order valence-electron chi connectivity index (χ1n) is 8.69. The van der Waals surface area contributed by atoms with Crippen molar-refractivity contribution in [3.63, 3.8) is 0 Å². The molecule has 1 heterocycles. The van der Waals surface area contributed by atoms with Gasteiger partial charge in [-0.2, -0.15) is 0 Å². The van der Waals surface area contributed by atoms with Crippen LogP contribution in [0.4, 0.5) is 15.5 Å². The molecule has 0 aliphatic rings. The van der Waals surface area contributed by atoms with Gasteiger partial charge in [-0.3, -0.25) is 5.32 Å². The number of hydrogen-bond acceptors (Lipinski definition) is 4. The summed E-state index contributed by atoms with van der Waals surface area (Å²) in [5.74, 6) is -0.465. The Morgan fingerprint density at radius 1 is 1.04 bits per heavy atom. The van der Waals surface area contributed by atoms with Crippen LogP contribution >= 0.6 is 22.9 Å². The molecule has 2 aromatic carbocycles. The van der Waals surface area contributed by atoms with Gasteiger partial charge < -0.3 is 10.1 Å². The van der Waals surface area contributed by atoms with Crippen molar-refractivity contribution in [2.24, 2.45) is 0 Å². The summed E-state index contributed by atoms with van der Waals surface area (Å²) in [5.41, 5.74) is 2.62. The Labute approximate surface area is 172 Å². The maximum absolute atomic E-state index is 12.6. The van der Waals surface area contributed by atoms with E-state index in [1.54, 1.807) is 31.2 Å². The van der Waals surface area contributed by atoms with Crippen molar-refractivity contribution in [1.29, 1.82) is 0 Å². The van der Waals surface area contributed by atoms with E-state index < -0.39 is 12.0 Å². The molecule has 1 aromatic heterocycles. The molecule has 5 nitrogen and oxygen atoms in total. The van der Waals surface area contributed by atoms with Crippen molar-refractivity contribution < 1.29 is 14.3 Å². The molecule has 0 unspecified atom stereocenters. The topological polar surface area (TPSA) is 67.4 Å². The van der Waals surface area contributed by atoms with Crippen LogP contribution in [0.15, 0.2) is 54.6 Å². The fraction of sp³-hybridized carbons (Fsp3) is 0.143. The van der Waals surface area contributed by atoms with Gasteiger partial charge in [-0.1, -0.05) is 41.9 Å². The third-order valence-electron chi connectivity index (χ3n) is 3.96. The van der Waals surface area contributed by atoms with Crippen LogP contribution in [-0.4, -0.2) is 18.6 Å². The number of carbonyl (C=O) groups is 2. The highest BCUT2D eigenvalue weighted by atomic mass is 35.5. The summed E-state index contributed by atoms with van der Waals surface area (Å²) in [5, 5.41) is 6.53. The number of nitrogens with one attached hydrogen (secondary N) is 2. The van der Waals surface area contributed by atoms with Crippen LogP contribution in [0, 0.1) is 6.92 Å². The van der Waals surface area contributed by atoms with E-state index in [4.69, 9.17) is 16.3 Å². The molecule has 0 aliphatic carbocycles. The molecule has 3 rings (SSSR count). The number of aryl methyl sites for hydroxylation is 1. The second kappa shape index (κ2) is 8.91. The maximum Gasteiger partial charge on any atom is 0.341 e. The summed E-state index contributed by atoms with van der Waals surface area (Å²) in [6.07, 6.45) is 0. The predicted molar refractivity (Wildman–Crippen MR) is 115 cm³/mol. The molecule has 28 heavy (non-hydrogen) atoms. The third kappa shape index (κ3) is 4.52. The Kier molecular flexibility index (Phi) is 6.34. The number of anilines is 2. The third-order valence-corrected chi connectivity index (χ3v) is 5.23. The van der Waals surface area contributed by atoms with E-state index >= 15 is 0 Å². The second-order valence-electron chi connectivity index (χ2n) is 5.91. The van der Waals surface area contributed by atoms with Crippen molar-refractivity contribution in [1.82, 2.24) is 0 Å². The van der Waals surface area contributed by atoms with Gasteiger partial charge in [0, 0.05) is 21.2 Å². The van der Waals surface area contributed by atoms with E-state index in [9.17, 15) is 9.59 Å². The zero-order valence-electron chi connectivity index (χ0n) is 15.4. The minimum absolute atomic E-state index is 0.248. The Hall–Kier alpha value is -2.83. The number of esters is 1. The lowest BCUT2D eigenvalue weighted by Crippen LogP contribution is -2.20. The van der Waals surface area contributed by atoms with Crippen molar-refractivity contribution in [3.05, 3.63) is 70.1 Å². The van der Waals surface area contributed by atoms with Gasteiger partial charge >= 0.3 is 12.0 Å². The lowest BCUT2D eigenvalue weighted by molar-refractivity contribution is 0.0529. The summed E-state index contributed by atoms with van der Waals surface area (Å²) >= 11 is 7.20. The highest BCUT2D eigenvalue weighted by molar-refractivity contribution is 7.17. The number of thiophene rings is 1. The van der Waals surface area contributed by atoms with Crippen LogP contribution in [0.25, 0.3) is 11.1 Å². The van der Waals surface area contributed by atoms with Crippen molar-refractivity contribution >= 4 is 45.6 Å². The van der Waals surface area contributed by atoms with Gasteiger partial charge in [0.1, 0.15) is 10.6 Å². The fourth-order valence-electron chi connectivity index (χ4n) is 2.78. The van der Waals surface area contributed by atoms with Gasteiger partial charge in [-0.05, 0) is 43.7 Å². The summed E-state index contributed by atoms with van der Waals surface area (Å²) < 4.78 is 5.24. The van der Waals surface area contributed by atoms with Crippen LogP contribution < -0.4 is 10.6 Å². The zero-order chi connectivity index (χ0) is 20.1. The molecule has 3 aromatic rings. The highest BCUT2D eigenvalue weighted by Crippen LogP contribution is 2.40. The van der Waals surface area contributed by atoms with Gasteiger partial charge in [-0.15, -0.1) is 11.3 Å². The Balaban J connectivity index is 1.92. The average molecular weight is 415 g/mol. The van der Waals surface area contributed by atoms with Crippen molar-refractivity contribution in [3.8, 4) is 11.1 Å². The largest absolute Gasteiger partial charge is 0.462 e. The number of halogens is 1. The van der Waals surface area contributed by atoms with E-state index in [1.807, 2.05) is 37.3 Å². The van der Waals surface area contributed by atoms with Crippen molar-refractivity contribution in [2.75, 3.05) is 17.2 Å². The van der Waals surface area contributed by atoms with E-state index in [0.717, 1.165) is 16.0 Å². The first-order chi connectivity index (χ1) is 13.5. The van der Waals surface area contributed by atoms with Crippen LogP contribution in [0.2, 0.25) is 5.02 Å². The van der Waals surface area contributed by atoms with Crippen LogP contribution in [0.5, 0.6) is 0 Å². The van der Waals surface area contributed by atoms with Gasteiger partial charge in [-0.25, -0.2) is 9.59 Å². The normalized spacial score (nSPS) is 10.4. The molecule has 7 heteroatoms. The van der Waals surface area contributed by atoms with E-state index in [0.29, 0.717) is 21.3 Å². The number of urea groups is 1. The predicted octanol–water partition coefficient (Wildman–Crippen LogP) is 6.20. The van der Waals surface area contributed by atoms with E-state index in [1.165, 1.54) is 11.3 Å². The molecular formula is C21H19ClN2O3S. The number of rotatable bonds is 5. The van der Waals surface area contributed by atoms with E-state index in [2.05, 4.69) is 10.6 Å². The molecule has 0 radical (unpaired) electrons. The quantitative estimate of drug-likeness (QED) is 0.488. The van der Waals surface area contributed by atoms with Crippen LogP contribution in [0.1, 0.15) is 22.2 Å². The van der Waals surface area contributed by atoms with Crippen molar-refractivity contribution in [2.45, 2.75) is 13.8 Å². The van der Waals surface area contributed by atoms with Gasteiger partial charge in [0.05, 0.1) is 6.61 Å². The van der Waals surface area contributed by atoms with Gasteiger partial charge in [0.15, 0.2) is 0 Å². The molecular weight excluding hydrogens is 396 g/mol. The molecule has 0 saturated carbocycles. The monoisotopic (exact) mass is 414 g/mol. The number of amides is 2. The summed E-state index contributed by atoms with van der Waals surface area (Å²) in [6, 6.07) is 15.9. The summed E-state index contributed by atoms with van der Waals surface area (Å²) in [7, 11) is 0. The molecule has 2 amide bonds. The first kappa shape index (κ1) is 19.9. The maximum atomic E-state index is 12.6. The number of benzene rings is 2. The number of ether oxygens (including phenoxy) is 1. The van der Waals surface area contributed by atoms with E-state index in [-0.39, 0.29) is 6.61 Å². The second-order valence-corrected chi connectivity index (χ2v) is 7.57. The molecule has 0 fully saturated rings. The Bertz CT molecular complexity index is 985. The molecule has 0 bridgehead atoms. The molecule has 0 aliphatic heterocycles. The fourth-order valence-corrected chi connectivity index (χ4v) is 3.97. The van der Waals surface area contributed by atoms with Crippen LogP contribution in [-0.2, 0) is 4.74 Å². The number of carbonyl (C=O) groups excluding carboxylic acids is 2. The molecule has 144 valence electrons. The number of hydrogen-bond donors (Lipinski definition) is 2. The van der Waals surface area contributed by atoms with Crippen LogP contribution in [0.3, 0.4) is 0 Å². The first-order valence-corrected chi connectivity index (χ1v) is 9.88. The van der Waals surface area contributed by atoms with Gasteiger partial charge in [0.2, 0.25) is 0 Å². The summed E-state index contributed by atoms with van der Waals surface area (Å²) in [6.45, 7) is 3.91. The lowest BCUT2D eigenvalue weighted by Gasteiger charge is -2.10. The molecule has 0 saturated heterocycles. The Morgan fingerprint density at radius 3 is 2.36 bits per heavy atom. The highest BCUT2D eigenvalue weighted by Gasteiger charge is 2.25. The minimum Gasteiger partial charge on any atom is -0.462 e. The molecule has 2 N–H and O–H groups in total. The van der Waals surface area contributed by atoms with Gasteiger partial charge in [0.25, 0.3) is 0 Å². The smallest absolute Gasteiger partial charge is 0.341 e. The summed E-state index contributed by atoms with van der Waals surface area (Å²) in [4.78, 5) is 26.0. The standard InChI is InChI=1S/C21H19ClN2O3S/c1-3-27-20(25)18-17(14-7-5-4-6-8-14)13(2)28-19(18)24-21(26)23-16-11-9-15(22)10-12-16/h4-12H,3H2,1-2H3,(H2,23,24,26). The molecule has 0 atom stereocenters.